The summed E-state index contributed by atoms with van der Waals surface area (Å²) in [4.78, 5) is 0. The monoisotopic (exact) mass is 324 g/mol. The van der Waals surface area contributed by atoms with Gasteiger partial charge in [0.15, 0.2) is 11.5 Å². The van der Waals surface area contributed by atoms with Gasteiger partial charge >= 0.3 is 0 Å². The highest BCUT2D eigenvalue weighted by molar-refractivity contribution is 5.99. The summed E-state index contributed by atoms with van der Waals surface area (Å²) in [6, 6.07) is 17.6. The van der Waals surface area contributed by atoms with Crippen LogP contribution < -0.4 is 18.9 Å². The lowest BCUT2D eigenvalue weighted by atomic mass is 10.1. The standard InChI is InChI=1S/C20H20O4/c1-21-16-11-12-17(22-2)19-15(16)9-10-18(23-3)20(19)24-13-14-7-5-4-6-8-14/h4-12H,13H2,1-3H3. The fourth-order valence-electron chi connectivity index (χ4n) is 2.72. The zero-order valence-corrected chi connectivity index (χ0v) is 14.0. The third-order valence-corrected chi connectivity index (χ3v) is 3.91. The Morgan fingerprint density at radius 2 is 1.29 bits per heavy atom. The quantitative estimate of drug-likeness (QED) is 0.671. The summed E-state index contributed by atoms with van der Waals surface area (Å²) < 4.78 is 22.6. The molecule has 0 aromatic heterocycles. The fourth-order valence-corrected chi connectivity index (χ4v) is 2.72. The molecule has 4 heteroatoms. The molecular formula is C20H20O4. The SMILES string of the molecule is COc1ccc2c(OC)ccc(OC)c2c1OCc1ccccc1. The van der Waals surface area contributed by atoms with Crippen molar-refractivity contribution in [3.63, 3.8) is 0 Å². The molecule has 124 valence electrons. The fraction of sp³-hybridized carbons (Fsp3) is 0.200. The molecule has 0 aliphatic heterocycles. The predicted octanol–water partition coefficient (Wildman–Crippen LogP) is 4.44. The van der Waals surface area contributed by atoms with Gasteiger partial charge in [0.1, 0.15) is 18.1 Å². The van der Waals surface area contributed by atoms with Crippen LogP contribution in [0.25, 0.3) is 10.8 Å². The van der Waals surface area contributed by atoms with Crippen LogP contribution >= 0.6 is 0 Å². The molecule has 0 bridgehead atoms. The lowest BCUT2D eigenvalue weighted by molar-refractivity contribution is 0.287. The van der Waals surface area contributed by atoms with E-state index in [0.29, 0.717) is 23.9 Å². The largest absolute Gasteiger partial charge is 0.496 e. The van der Waals surface area contributed by atoms with E-state index in [9.17, 15) is 0 Å². The third kappa shape index (κ3) is 2.95. The summed E-state index contributed by atoms with van der Waals surface area (Å²) in [5.41, 5.74) is 1.08. The first-order valence-electron chi connectivity index (χ1n) is 7.67. The molecule has 0 unspecified atom stereocenters. The molecule has 0 spiro atoms. The zero-order valence-electron chi connectivity index (χ0n) is 14.0. The van der Waals surface area contributed by atoms with Crippen LogP contribution in [-0.2, 0) is 6.61 Å². The second-order valence-electron chi connectivity index (χ2n) is 5.26. The van der Waals surface area contributed by atoms with E-state index >= 15 is 0 Å². The van der Waals surface area contributed by atoms with Gasteiger partial charge in [0.2, 0.25) is 0 Å². The molecule has 0 saturated heterocycles. The summed E-state index contributed by atoms with van der Waals surface area (Å²) in [5, 5.41) is 1.76. The van der Waals surface area contributed by atoms with E-state index in [4.69, 9.17) is 18.9 Å². The van der Waals surface area contributed by atoms with E-state index in [-0.39, 0.29) is 0 Å². The Balaban J connectivity index is 2.12. The second kappa shape index (κ2) is 7.13. The van der Waals surface area contributed by atoms with E-state index in [1.165, 1.54) is 0 Å². The van der Waals surface area contributed by atoms with Gasteiger partial charge in [-0.05, 0) is 29.8 Å². The summed E-state index contributed by atoms with van der Waals surface area (Å²) in [5.74, 6) is 2.78. The van der Waals surface area contributed by atoms with Crippen molar-refractivity contribution in [2.24, 2.45) is 0 Å². The first-order valence-corrected chi connectivity index (χ1v) is 7.67. The minimum absolute atomic E-state index is 0.441. The summed E-state index contributed by atoms with van der Waals surface area (Å²) in [6.45, 7) is 0.441. The molecule has 24 heavy (non-hydrogen) atoms. The maximum Gasteiger partial charge on any atom is 0.173 e. The van der Waals surface area contributed by atoms with Gasteiger partial charge in [-0.15, -0.1) is 0 Å². The Morgan fingerprint density at radius 3 is 1.96 bits per heavy atom. The van der Waals surface area contributed by atoms with Crippen molar-refractivity contribution in [2.45, 2.75) is 6.61 Å². The number of hydrogen-bond donors (Lipinski definition) is 0. The number of fused-ring (bicyclic) bond motifs is 1. The molecule has 0 aliphatic rings. The minimum Gasteiger partial charge on any atom is -0.496 e. The van der Waals surface area contributed by atoms with E-state index < -0.39 is 0 Å². The van der Waals surface area contributed by atoms with E-state index in [1.807, 2.05) is 54.6 Å². The van der Waals surface area contributed by atoms with Gasteiger partial charge in [0, 0.05) is 5.39 Å². The second-order valence-corrected chi connectivity index (χ2v) is 5.26. The first kappa shape index (κ1) is 16.0. The van der Waals surface area contributed by atoms with Crippen LogP contribution in [0.2, 0.25) is 0 Å². The van der Waals surface area contributed by atoms with Crippen LogP contribution in [0.15, 0.2) is 54.6 Å². The molecular weight excluding hydrogens is 304 g/mol. The van der Waals surface area contributed by atoms with Crippen molar-refractivity contribution in [1.82, 2.24) is 0 Å². The highest BCUT2D eigenvalue weighted by Crippen LogP contribution is 2.44. The molecule has 4 nitrogen and oxygen atoms in total. The number of benzene rings is 3. The molecule has 0 radical (unpaired) electrons. The van der Waals surface area contributed by atoms with Gasteiger partial charge in [-0.3, -0.25) is 0 Å². The van der Waals surface area contributed by atoms with Gasteiger partial charge in [0.25, 0.3) is 0 Å². The van der Waals surface area contributed by atoms with Crippen molar-refractivity contribution in [3.05, 3.63) is 60.2 Å². The van der Waals surface area contributed by atoms with Gasteiger partial charge in [-0.25, -0.2) is 0 Å². The summed E-state index contributed by atoms with van der Waals surface area (Å²) in [7, 11) is 4.92. The van der Waals surface area contributed by atoms with E-state index in [0.717, 1.165) is 22.1 Å². The molecule has 3 aromatic carbocycles. The van der Waals surface area contributed by atoms with Crippen LogP contribution in [0, 0.1) is 0 Å². The Bertz CT molecular complexity index is 828. The molecule has 0 saturated carbocycles. The van der Waals surface area contributed by atoms with Crippen molar-refractivity contribution < 1.29 is 18.9 Å². The third-order valence-electron chi connectivity index (χ3n) is 3.91. The number of hydrogen-bond acceptors (Lipinski definition) is 4. The Morgan fingerprint density at radius 1 is 0.667 bits per heavy atom. The van der Waals surface area contributed by atoms with E-state index in [2.05, 4.69) is 0 Å². The molecule has 3 aromatic rings. The van der Waals surface area contributed by atoms with Crippen molar-refractivity contribution in [3.8, 4) is 23.0 Å². The van der Waals surface area contributed by atoms with Gasteiger partial charge in [-0.1, -0.05) is 30.3 Å². The number of ether oxygens (including phenoxy) is 4. The van der Waals surface area contributed by atoms with E-state index in [1.54, 1.807) is 21.3 Å². The Labute approximate surface area is 141 Å². The molecule has 0 heterocycles. The lowest BCUT2D eigenvalue weighted by Gasteiger charge is -2.17. The first-order chi connectivity index (χ1) is 11.8. The maximum absolute atomic E-state index is 6.11. The van der Waals surface area contributed by atoms with Crippen molar-refractivity contribution >= 4 is 10.8 Å². The highest BCUT2D eigenvalue weighted by atomic mass is 16.5. The average molecular weight is 324 g/mol. The van der Waals surface area contributed by atoms with Gasteiger partial charge < -0.3 is 18.9 Å². The topological polar surface area (TPSA) is 36.9 Å². The molecule has 0 atom stereocenters. The van der Waals surface area contributed by atoms with Gasteiger partial charge in [0.05, 0.1) is 26.7 Å². The van der Waals surface area contributed by atoms with Crippen molar-refractivity contribution in [1.29, 1.82) is 0 Å². The van der Waals surface area contributed by atoms with Crippen LogP contribution in [0.3, 0.4) is 0 Å². The minimum atomic E-state index is 0.441. The number of methoxy groups -OCH3 is 3. The van der Waals surface area contributed by atoms with Crippen LogP contribution in [0.5, 0.6) is 23.0 Å². The smallest absolute Gasteiger partial charge is 0.173 e. The van der Waals surface area contributed by atoms with Crippen LogP contribution in [0.1, 0.15) is 5.56 Å². The average Bonchev–Trinajstić information content (AvgIpc) is 2.65. The molecule has 0 aliphatic carbocycles. The lowest BCUT2D eigenvalue weighted by Crippen LogP contribution is -2.00. The predicted molar refractivity (Wildman–Crippen MR) is 94.4 cm³/mol. The molecule has 0 N–H and O–H groups in total. The summed E-state index contributed by atoms with van der Waals surface area (Å²) in [6.07, 6.45) is 0. The van der Waals surface area contributed by atoms with Crippen LogP contribution in [-0.4, -0.2) is 21.3 Å². The Hall–Kier alpha value is -2.88. The maximum atomic E-state index is 6.11. The Kier molecular flexibility index (Phi) is 4.75. The molecule has 0 fully saturated rings. The normalized spacial score (nSPS) is 10.5. The number of rotatable bonds is 6. The molecule has 0 amide bonds. The van der Waals surface area contributed by atoms with Gasteiger partial charge in [-0.2, -0.15) is 0 Å². The molecule has 3 rings (SSSR count). The van der Waals surface area contributed by atoms with Crippen LogP contribution in [0.4, 0.5) is 0 Å². The summed E-state index contributed by atoms with van der Waals surface area (Å²) >= 11 is 0. The van der Waals surface area contributed by atoms with Crippen molar-refractivity contribution in [2.75, 3.05) is 21.3 Å². The zero-order chi connectivity index (χ0) is 16.9. The highest BCUT2D eigenvalue weighted by Gasteiger charge is 2.17.